The van der Waals surface area contributed by atoms with Gasteiger partial charge >= 0.3 is 53.6 Å². The molecule has 0 amide bonds. The van der Waals surface area contributed by atoms with Gasteiger partial charge in [-0.3, -0.25) is 0 Å². The van der Waals surface area contributed by atoms with Gasteiger partial charge in [0.2, 0.25) is 0 Å². The average Bonchev–Trinajstić information content (AvgIpc) is 3.03. The molecule has 0 atom stereocenters. The number of benzene rings is 1. The Morgan fingerprint density at radius 1 is 0.412 bits per heavy atom. The van der Waals surface area contributed by atoms with Gasteiger partial charge in [0.25, 0.3) is 0 Å². The number of alkyl halides is 19. The second-order valence-corrected chi connectivity index (χ2v) is 13.7. The van der Waals surface area contributed by atoms with Gasteiger partial charge in [-0.05, 0) is 54.9 Å². The normalized spacial score (nSPS) is 24.2. The summed E-state index contributed by atoms with van der Waals surface area (Å²) in [6, 6.07) is 1.50. The van der Waals surface area contributed by atoms with E-state index in [1.807, 2.05) is 0 Å². The van der Waals surface area contributed by atoms with Crippen molar-refractivity contribution < 1.29 is 83.4 Å². The Morgan fingerprint density at radius 3 is 1.08 bits per heavy atom. The summed E-state index contributed by atoms with van der Waals surface area (Å²) in [5.41, 5.74) is -2.04. The lowest BCUT2D eigenvalue weighted by Gasteiger charge is -2.43. The van der Waals surface area contributed by atoms with E-state index in [4.69, 9.17) is 0 Å². The van der Waals surface area contributed by atoms with Crippen LogP contribution in [0.1, 0.15) is 101 Å². The molecule has 1 aromatic rings. The van der Waals surface area contributed by atoms with Gasteiger partial charge in [-0.15, -0.1) is 0 Å². The smallest absolute Gasteiger partial charge is 0.194 e. The van der Waals surface area contributed by atoms with Crippen molar-refractivity contribution in [1.29, 1.82) is 0 Å². The summed E-state index contributed by atoms with van der Waals surface area (Å²) in [4.78, 5) is 0. The van der Waals surface area contributed by atoms with Crippen molar-refractivity contribution in [1.82, 2.24) is 0 Å². The summed E-state index contributed by atoms with van der Waals surface area (Å²) in [6.07, 6.45) is 3.43. The van der Waals surface area contributed by atoms with E-state index in [9.17, 15) is 83.4 Å². The summed E-state index contributed by atoms with van der Waals surface area (Å²) in [6.45, 7) is 2.14. The Kier molecular flexibility index (Phi) is 12.1. The van der Waals surface area contributed by atoms with Gasteiger partial charge in [-0.2, -0.15) is 83.4 Å². The van der Waals surface area contributed by atoms with Crippen LogP contribution in [0.25, 0.3) is 0 Å². The predicted octanol–water partition coefficient (Wildman–Crippen LogP) is 13.4. The molecule has 0 N–H and O–H groups in total. The summed E-state index contributed by atoms with van der Waals surface area (Å²) in [7, 11) is 0. The first kappa shape index (κ1) is 43.3. The minimum absolute atomic E-state index is 0.0310. The van der Waals surface area contributed by atoms with E-state index in [-0.39, 0.29) is 23.6 Å². The summed E-state index contributed by atoms with van der Waals surface area (Å²) in [5, 5.41) is 0. The highest BCUT2D eigenvalue weighted by Crippen LogP contribution is 2.66. The third-order valence-electron chi connectivity index (χ3n) is 10.4. The molecule has 0 heterocycles. The second-order valence-electron chi connectivity index (χ2n) is 13.7. The quantitative estimate of drug-likeness (QED) is 0.165. The van der Waals surface area contributed by atoms with Crippen molar-refractivity contribution in [2.45, 2.75) is 143 Å². The van der Waals surface area contributed by atoms with E-state index in [1.54, 1.807) is 0 Å². The molecular weight excluding hydrogens is 745 g/mol. The standard InChI is InChI=1S/C32H35F19/c1-2-3-18-4-6-19(7-5-18)8-9-20-10-12-21(13-11-20)22-14-16-23(17-15-22)24(33,34)25(35,36)26(37,38)27(39,40)28(41,42)29(43,44)30(45,46)31(47,48)32(49,50)51/h14-21H,2-13H2,1H3. The van der Waals surface area contributed by atoms with E-state index in [1.165, 1.54) is 19.3 Å². The monoisotopic (exact) mass is 780 g/mol. The van der Waals surface area contributed by atoms with Crippen LogP contribution in [0.3, 0.4) is 0 Å². The molecule has 0 saturated heterocycles. The molecule has 296 valence electrons. The fourth-order valence-electron chi connectivity index (χ4n) is 6.98. The fraction of sp³-hybridized carbons (Fsp3) is 0.812. The van der Waals surface area contributed by atoms with Crippen LogP contribution in [0.2, 0.25) is 0 Å². The topological polar surface area (TPSA) is 0 Å². The van der Waals surface area contributed by atoms with Gasteiger partial charge in [0.05, 0.1) is 0 Å². The minimum atomic E-state index is -8.92. The van der Waals surface area contributed by atoms with Crippen LogP contribution in [0.4, 0.5) is 83.4 Å². The first-order valence-electron chi connectivity index (χ1n) is 16.1. The first-order valence-corrected chi connectivity index (χ1v) is 16.1. The highest BCUT2D eigenvalue weighted by Gasteiger charge is 2.96. The van der Waals surface area contributed by atoms with Gasteiger partial charge in [0.15, 0.2) is 0 Å². The van der Waals surface area contributed by atoms with Crippen molar-refractivity contribution in [3.05, 3.63) is 35.4 Å². The molecule has 0 unspecified atom stereocenters. The van der Waals surface area contributed by atoms with Crippen LogP contribution >= 0.6 is 0 Å². The lowest BCUT2D eigenvalue weighted by atomic mass is 9.74. The second kappa shape index (κ2) is 14.3. The van der Waals surface area contributed by atoms with Crippen molar-refractivity contribution in [3.8, 4) is 0 Å². The van der Waals surface area contributed by atoms with E-state index in [2.05, 4.69) is 6.92 Å². The lowest BCUT2D eigenvalue weighted by molar-refractivity contribution is -0.469. The minimum Gasteiger partial charge on any atom is -0.194 e. The molecule has 0 aliphatic heterocycles. The van der Waals surface area contributed by atoms with Gasteiger partial charge < -0.3 is 0 Å². The molecule has 19 heteroatoms. The zero-order chi connectivity index (χ0) is 39.3. The highest BCUT2D eigenvalue weighted by molar-refractivity contribution is 5.31. The van der Waals surface area contributed by atoms with Crippen molar-refractivity contribution in [3.63, 3.8) is 0 Å². The number of hydrogen-bond donors (Lipinski definition) is 0. The zero-order valence-corrected chi connectivity index (χ0v) is 26.8. The Hall–Kier alpha value is -2.11. The SMILES string of the molecule is CCCC1CCC(CCC2CCC(c3ccc(C(F)(F)C(F)(F)C(F)(F)C(F)(F)C(F)(F)C(F)(F)C(F)(F)C(F)(F)C(F)(F)F)cc3)CC2)CC1. The summed E-state index contributed by atoms with van der Waals surface area (Å²) >= 11 is 0. The third kappa shape index (κ3) is 7.26. The van der Waals surface area contributed by atoms with Crippen LogP contribution < -0.4 is 0 Å². The maximum Gasteiger partial charge on any atom is 0.460 e. The molecule has 51 heavy (non-hydrogen) atoms. The molecule has 0 aromatic heterocycles. The third-order valence-corrected chi connectivity index (χ3v) is 10.4. The van der Waals surface area contributed by atoms with E-state index in [0.717, 1.165) is 50.2 Å². The molecule has 0 bridgehead atoms. The molecule has 2 aliphatic rings. The number of rotatable bonds is 14. The molecule has 1 aromatic carbocycles. The molecule has 0 radical (unpaired) electrons. The number of hydrogen-bond acceptors (Lipinski definition) is 0. The van der Waals surface area contributed by atoms with Crippen LogP contribution in [-0.2, 0) is 5.92 Å². The van der Waals surface area contributed by atoms with Crippen LogP contribution in [0.15, 0.2) is 24.3 Å². The summed E-state index contributed by atoms with van der Waals surface area (Å²) < 4.78 is 260. The van der Waals surface area contributed by atoms with Gasteiger partial charge in [0.1, 0.15) is 0 Å². The number of halogens is 19. The molecule has 0 spiro atoms. The molecule has 3 rings (SSSR count). The Labute approximate surface area is 280 Å². The Morgan fingerprint density at radius 2 is 0.725 bits per heavy atom. The van der Waals surface area contributed by atoms with Gasteiger partial charge in [-0.25, -0.2) is 0 Å². The average molecular weight is 781 g/mol. The van der Waals surface area contributed by atoms with Crippen LogP contribution in [0, 0.1) is 17.8 Å². The Bertz CT molecular complexity index is 1280. The molecular formula is C32H35F19. The maximum absolute atomic E-state index is 14.7. The van der Waals surface area contributed by atoms with Crippen LogP contribution in [0.5, 0.6) is 0 Å². The first-order chi connectivity index (χ1) is 23.0. The highest BCUT2D eigenvalue weighted by atomic mass is 19.4. The van der Waals surface area contributed by atoms with Crippen molar-refractivity contribution in [2.24, 2.45) is 17.8 Å². The van der Waals surface area contributed by atoms with E-state index in [0.29, 0.717) is 37.5 Å². The molecule has 2 saturated carbocycles. The zero-order valence-electron chi connectivity index (χ0n) is 26.8. The fourth-order valence-corrected chi connectivity index (χ4v) is 6.98. The molecule has 0 nitrogen and oxygen atoms in total. The van der Waals surface area contributed by atoms with Crippen molar-refractivity contribution >= 4 is 0 Å². The molecule has 2 aliphatic carbocycles. The molecule has 2 fully saturated rings. The van der Waals surface area contributed by atoms with E-state index >= 15 is 0 Å². The van der Waals surface area contributed by atoms with E-state index < -0.39 is 59.1 Å². The summed E-state index contributed by atoms with van der Waals surface area (Å²) in [5.74, 6) is -65.3. The lowest BCUT2D eigenvalue weighted by Crippen LogP contribution is -2.75. The maximum atomic E-state index is 14.7. The largest absolute Gasteiger partial charge is 0.460 e. The van der Waals surface area contributed by atoms with Gasteiger partial charge in [-0.1, -0.05) is 82.6 Å². The van der Waals surface area contributed by atoms with Crippen LogP contribution in [-0.4, -0.2) is 47.6 Å². The van der Waals surface area contributed by atoms with Gasteiger partial charge in [0, 0.05) is 5.56 Å². The Balaban J connectivity index is 1.75. The van der Waals surface area contributed by atoms with Crippen molar-refractivity contribution in [2.75, 3.05) is 0 Å². The predicted molar refractivity (Wildman–Crippen MR) is 145 cm³/mol.